The van der Waals surface area contributed by atoms with Gasteiger partial charge in [-0.25, -0.2) is 13.8 Å². The molecule has 0 atom stereocenters. The van der Waals surface area contributed by atoms with Crippen LogP contribution in [0.2, 0.25) is 0 Å². The molecule has 2 aromatic carbocycles. The second-order valence-electron chi connectivity index (χ2n) is 9.19. The molecule has 2 aliphatic rings. The molecule has 194 valence electrons. The van der Waals surface area contributed by atoms with Crippen LogP contribution >= 0.6 is 0 Å². The molecule has 0 bridgehead atoms. The van der Waals surface area contributed by atoms with Gasteiger partial charge in [-0.1, -0.05) is 12.1 Å². The number of anilines is 2. The van der Waals surface area contributed by atoms with Gasteiger partial charge in [-0.2, -0.15) is 0 Å². The predicted octanol–water partition coefficient (Wildman–Crippen LogP) is 3.77. The fourth-order valence-electron chi connectivity index (χ4n) is 4.93. The average Bonchev–Trinajstić information content (AvgIpc) is 3.25. The Morgan fingerprint density at radius 2 is 1.89 bits per heavy atom. The first kappa shape index (κ1) is 24.8. The van der Waals surface area contributed by atoms with Crippen LogP contribution in [-0.4, -0.2) is 65.0 Å². The van der Waals surface area contributed by atoms with E-state index in [0.29, 0.717) is 50.3 Å². The molecule has 9 nitrogen and oxygen atoms in total. The maximum Gasteiger partial charge on any atom is 0.263 e. The fraction of sp³-hybridized carbons (Fsp3) is 0.385. The molecule has 1 aromatic heterocycles. The van der Waals surface area contributed by atoms with E-state index in [0.717, 1.165) is 5.52 Å². The first-order valence-corrected chi connectivity index (χ1v) is 12.2. The summed E-state index contributed by atoms with van der Waals surface area (Å²) in [5, 5.41) is 2.81. The summed E-state index contributed by atoms with van der Waals surface area (Å²) in [6.07, 6.45) is -1.36. The summed E-state index contributed by atoms with van der Waals surface area (Å²) < 4.78 is 33.5. The van der Waals surface area contributed by atoms with Crippen LogP contribution in [0.5, 0.6) is 0 Å². The van der Waals surface area contributed by atoms with Gasteiger partial charge in [0.1, 0.15) is 6.61 Å². The maximum atomic E-state index is 13.2. The van der Waals surface area contributed by atoms with Crippen LogP contribution in [0, 0.1) is 0 Å². The zero-order valence-corrected chi connectivity index (χ0v) is 20.3. The van der Waals surface area contributed by atoms with E-state index < -0.39 is 12.3 Å². The van der Waals surface area contributed by atoms with Crippen LogP contribution in [0.25, 0.3) is 11.0 Å². The summed E-state index contributed by atoms with van der Waals surface area (Å²) in [5.74, 6) is -0.395. The third-order valence-corrected chi connectivity index (χ3v) is 6.87. The van der Waals surface area contributed by atoms with Gasteiger partial charge in [0, 0.05) is 49.4 Å². The molecular formula is C26H27F2N5O4. The van der Waals surface area contributed by atoms with Crippen molar-refractivity contribution in [2.24, 2.45) is 0 Å². The normalized spacial score (nSPS) is 17.0. The lowest BCUT2D eigenvalue weighted by molar-refractivity contribution is -0.130. The van der Waals surface area contributed by atoms with E-state index in [9.17, 15) is 23.2 Å². The average molecular weight is 512 g/mol. The zero-order valence-electron chi connectivity index (χ0n) is 20.3. The van der Waals surface area contributed by atoms with Gasteiger partial charge in [-0.05, 0) is 43.2 Å². The van der Waals surface area contributed by atoms with Crippen molar-refractivity contribution in [2.75, 3.05) is 43.1 Å². The van der Waals surface area contributed by atoms with Gasteiger partial charge in [0.15, 0.2) is 0 Å². The molecule has 0 radical (unpaired) electrons. The van der Waals surface area contributed by atoms with Gasteiger partial charge >= 0.3 is 0 Å². The van der Waals surface area contributed by atoms with E-state index in [2.05, 4.69) is 10.3 Å². The molecule has 2 saturated heterocycles. The number of carbonyl (C=O) groups is 3. The quantitative estimate of drug-likeness (QED) is 0.563. The van der Waals surface area contributed by atoms with Gasteiger partial charge in [-0.15, -0.1) is 0 Å². The molecule has 1 N–H and O–H groups in total. The topological polar surface area (TPSA) is 96.8 Å². The second-order valence-corrected chi connectivity index (χ2v) is 9.19. The maximum absolute atomic E-state index is 13.2. The number of alkyl halides is 2. The molecular weight excluding hydrogens is 484 g/mol. The second kappa shape index (κ2) is 10.3. The van der Waals surface area contributed by atoms with Crippen molar-refractivity contribution in [3.05, 3.63) is 53.6 Å². The van der Waals surface area contributed by atoms with Crippen molar-refractivity contribution < 1.29 is 27.9 Å². The van der Waals surface area contributed by atoms with Crippen LogP contribution in [-0.2, 0) is 14.3 Å². The molecule has 2 fully saturated rings. The Labute approximate surface area is 212 Å². The number of amides is 3. The number of likely N-dealkylation sites (tertiary alicyclic amines) is 1. The molecule has 5 rings (SSSR count). The monoisotopic (exact) mass is 511 g/mol. The molecule has 0 unspecified atom stereocenters. The van der Waals surface area contributed by atoms with E-state index in [1.807, 2.05) is 16.7 Å². The van der Waals surface area contributed by atoms with E-state index in [4.69, 9.17) is 4.74 Å². The summed E-state index contributed by atoms with van der Waals surface area (Å²) in [5.41, 5.74) is 1.89. The number of hydrogen-bond acceptors (Lipinski definition) is 5. The predicted molar refractivity (Wildman–Crippen MR) is 133 cm³/mol. The summed E-state index contributed by atoms with van der Waals surface area (Å²) >= 11 is 0. The molecule has 2 aliphatic heterocycles. The van der Waals surface area contributed by atoms with Crippen molar-refractivity contribution in [2.45, 2.75) is 32.2 Å². The zero-order chi connectivity index (χ0) is 26.1. The largest absolute Gasteiger partial charge is 0.370 e. The van der Waals surface area contributed by atoms with Crippen molar-refractivity contribution in [1.29, 1.82) is 0 Å². The van der Waals surface area contributed by atoms with Crippen molar-refractivity contribution in [3.8, 4) is 0 Å². The number of carbonyl (C=O) groups excluding carboxylic acids is 3. The molecule has 37 heavy (non-hydrogen) atoms. The fourth-order valence-corrected chi connectivity index (χ4v) is 4.93. The van der Waals surface area contributed by atoms with Gasteiger partial charge < -0.3 is 19.1 Å². The lowest BCUT2D eigenvalue weighted by Gasteiger charge is -2.33. The Hall–Kier alpha value is -3.86. The van der Waals surface area contributed by atoms with Crippen LogP contribution in [0.3, 0.4) is 0 Å². The van der Waals surface area contributed by atoms with Crippen LogP contribution < -0.4 is 10.2 Å². The molecule has 3 amide bonds. The van der Waals surface area contributed by atoms with E-state index >= 15 is 0 Å². The molecule has 0 spiro atoms. The standard InChI is InChI=1S/C26H27F2N5O4/c1-16(34)31-9-7-19(8-10-31)33-22-6-5-20(32-11-12-37-15-23(32)35)14-21(22)29-26(33)30-25(36)18-4-2-3-17(13-18)24(27)28/h2-6,13-14,19,24H,7-12,15H2,1H3,(H,29,30,36). The summed E-state index contributed by atoms with van der Waals surface area (Å²) in [6.45, 7) is 3.57. The number of morpholine rings is 1. The Bertz CT molecular complexity index is 1350. The van der Waals surface area contributed by atoms with Gasteiger partial charge in [0.2, 0.25) is 11.9 Å². The van der Waals surface area contributed by atoms with Crippen LogP contribution in [0.15, 0.2) is 42.5 Å². The molecule has 0 aliphatic carbocycles. The Morgan fingerprint density at radius 1 is 1.11 bits per heavy atom. The Kier molecular flexibility index (Phi) is 6.88. The highest BCUT2D eigenvalue weighted by molar-refractivity contribution is 6.04. The number of rotatable bonds is 5. The number of aromatic nitrogens is 2. The highest BCUT2D eigenvalue weighted by Gasteiger charge is 2.28. The number of hydrogen-bond donors (Lipinski definition) is 1. The van der Waals surface area contributed by atoms with Gasteiger partial charge in [-0.3, -0.25) is 19.7 Å². The number of benzene rings is 2. The summed E-state index contributed by atoms with van der Waals surface area (Å²) in [6, 6.07) is 10.8. The van der Waals surface area contributed by atoms with E-state index in [-0.39, 0.29) is 41.5 Å². The number of imidazole rings is 1. The van der Waals surface area contributed by atoms with Crippen molar-refractivity contribution in [1.82, 2.24) is 14.5 Å². The number of piperidine rings is 1. The number of nitrogens with zero attached hydrogens (tertiary/aromatic N) is 4. The Morgan fingerprint density at radius 3 is 2.59 bits per heavy atom. The summed E-state index contributed by atoms with van der Waals surface area (Å²) in [7, 11) is 0. The third kappa shape index (κ3) is 5.04. The highest BCUT2D eigenvalue weighted by atomic mass is 19.3. The number of fused-ring (bicyclic) bond motifs is 1. The number of nitrogens with one attached hydrogen (secondary N) is 1. The van der Waals surface area contributed by atoms with Gasteiger partial charge in [0.25, 0.3) is 18.2 Å². The summed E-state index contributed by atoms with van der Waals surface area (Å²) in [4.78, 5) is 45.3. The lowest BCUT2D eigenvalue weighted by atomic mass is 10.0. The van der Waals surface area contributed by atoms with E-state index in [1.54, 1.807) is 22.8 Å². The SMILES string of the molecule is CC(=O)N1CCC(n2c(NC(=O)c3cccc(C(F)F)c3)nc3cc(N4CCOCC4=O)ccc32)CC1. The lowest BCUT2D eigenvalue weighted by Crippen LogP contribution is -2.41. The van der Waals surface area contributed by atoms with E-state index in [1.165, 1.54) is 24.3 Å². The first-order chi connectivity index (χ1) is 17.8. The molecule has 3 heterocycles. The minimum Gasteiger partial charge on any atom is -0.370 e. The molecule has 11 heteroatoms. The molecule has 0 saturated carbocycles. The molecule has 3 aromatic rings. The highest BCUT2D eigenvalue weighted by Crippen LogP contribution is 2.33. The van der Waals surface area contributed by atoms with Gasteiger partial charge in [0.05, 0.1) is 17.6 Å². The van der Waals surface area contributed by atoms with Crippen molar-refractivity contribution in [3.63, 3.8) is 0 Å². The van der Waals surface area contributed by atoms with Crippen LogP contribution in [0.1, 0.15) is 48.2 Å². The van der Waals surface area contributed by atoms with Crippen molar-refractivity contribution >= 4 is 40.4 Å². The minimum atomic E-state index is -2.69. The smallest absolute Gasteiger partial charge is 0.263 e. The van der Waals surface area contributed by atoms with Crippen LogP contribution in [0.4, 0.5) is 20.4 Å². The number of halogens is 2. The Balaban J connectivity index is 1.50. The first-order valence-electron chi connectivity index (χ1n) is 12.2. The minimum absolute atomic E-state index is 0.0141. The third-order valence-electron chi connectivity index (χ3n) is 6.87. The number of ether oxygens (including phenoxy) is 1.